The van der Waals surface area contributed by atoms with Gasteiger partial charge in [-0.25, -0.2) is 4.79 Å². The quantitative estimate of drug-likeness (QED) is 0.806. The number of ether oxygens (including phenoxy) is 1. The highest BCUT2D eigenvalue weighted by Gasteiger charge is 2.61. The van der Waals surface area contributed by atoms with Crippen molar-refractivity contribution in [2.24, 2.45) is 5.92 Å². The summed E-state index contributed by atoms with van der Waals surface area (Å²) >= 11 is 0. The number of aliphatic hydroxyl groups excluding tert-OH is 1. The first-order valence-electron chi connectivity index (χ1n) is 6.50. The van der Waals surface area contributed by atoms with E-state index in [2.05, 4.69) is 0 Å². The Bertz CT molecular complexity index is 310. The van der Waals surface area contributed by atoms with Crippen LogP contribution in [-0.2, 0) is 4.74 Å². The first-order valence-corrected chi connectivity index (χ1v) is 6.50. The molecule has 2 aliphatic rings. The maximum Gasteiger partial charge on any atom is 0.410 e. The summed E-state index contributed by atoms with van der Waals surface area (Å²) in [5, 5.41) is 9.00. The first-order chi connectivity index (χ1) is 7.89. The molecule has 0 bridgehead atoms. The van der Waals surface area contributed by atoms with Gasteiger partial charge in [0, 0.05) is 18.7 Å². The fourth-order valence-corrected chi connectivity index (χ4v) is 3.02. The van der Waals surface area contributed by atoms with Crippen LogP contribution in [0.15, 0.2) is 0 Å². The Morgan fingerprint density at radius 3 is 2.82 bits per heavy atom. The lowest BCUT2D eigenvalue weighted by Crippen LogP contribution is -2.42. The van der Waals surface area contributed by atoms with Crippen molar-refractivity contribution in [2.45, 2.75) is 57.6 Å². The third-order valence-corrected chi connectivity index (χ3v) is 3.82. The highest BCUT2D eigenvalue weighted by atomic mass is 16.6. The van der Waals surface area contributed by atoms with Crippen molar-refractivity contribution < 1.29 is 14.6 Å². The summed E-state index contributed by atoms with van der Waals surface area (Å²) in [6.45, 7) is 6.70. The molecule has 2 rings (SSSR count). The Balaban J connectivity index is 1.99. The number of hydrogen-bond donors (Lipinski definition) is 1. The Labute approximate surface area is 103 Å². The lowest BCUT2D eigenvalue weighted by Gasteiger charge is -2.29. The molecule has 0 aromatic rings. The van der Waals surface area contributed by atoms with Crippen LogP contribution >= 0.6 is 0 Å². The maximum atomic E-state index is 12.1. The second kappa shape index (κ2) is 4.16. The van der Waals surface area contributed by atoms with E-state index in [0.29, 0.717) is 5.92 Å². The minimum atomic E-state index is -0.428. The zero-order valence-electron chi connectivity index (χ0n) is 11.0. The molecule has 2 fully saturated rings. The molecule has 0 aromatic carbocycles. The average Bonchev–Trinajstić information content (AvgIpc) is 2.69. The standard InChI is InChI=1S/C13H23NO3/c1-12(2,3)17-11(16)14-7-4-6-13(14)9-10(13)5-8-15/h10,15H,4-9H2,1-3H3/t10-,13+/m1/s1. The molecule has 4 nitrogen and oxygen atoms in total. The molecule has 1 saturated carbocycles. The first kappa shape index (κ1) is 12.7. The van der Waals surface area contributed by atoms with E-state index >= 15 is 0 Å². The van der Waals surface area contributed by atoms with Gasteiger partial charge in [0.2, 0.25) is 0 Å². The molecule has 17 heavy (non-hydrogen) atoms. The normalized spacial score (nSPS) is 32.0. The zero-order chi connectivity index (χ0) is 12.7. The highest BCUT2D eigenvalue weighted by Crippen LogP contribution is 2.56. The number of hydrogen-bond acceptors (Lipinski definition) is 3. The van der Waals surface area contributed by atoms with E-state index in [4.69, 9.17) is 9.84 Å². The Morgan fingerprint density at radius 2 is 2.24 bits per heavy atom. The van der Waals surface area contributed by atoms with Crippen molar-refractivity contribution in [2.75, 3.05) is 13.2 Å². The third-order valence-electron chi connectivity index (χ3n) is 3.82. The van der Waals surface area contributed by atoms with Gasteiger partial charge in [-0.1, -0.05) is 0 Å². The molecule has 4 heteroatoms. The molecule has 1 saturated heterocycles. The van der Waals surface area contributed by atoms with Crippen molar-refractivity contribution in [1.29, 1.82) is 0 Å². The van der Waals surface area contributed by atoms with Gasteiger partial charge in [-0.05, 0) is 52.4 Å². The van der Waals surface area contributed by atoms with E-state index in [1.807, 2.05) is 25.7 Å². The van der Waals surface area contributed by atoms with Gasteiger partial charge in [0.25, 0.3) is 0 Å². The van der Waals surface area contributed by atoms with E-state index in [9.17, 15) is 4.79 Å². The van der Waals surface area contributed by atoms with Gasteiger partial charge < -0.3 is 14.7 Å². The van der Waals surface area contributed by atoms with Crippen molar-refractivity contribution in [3.63, 3.8) is 0 Å². The monoisotopic (exact) mass is 241 g/mol. The molecular formula is C13H23NO3. The molecule has 2 atom stereocenters. The Kier molecular flexibility index (Phi) is 3.10. The summed E-state index contributed by atoms with van der Waals surface area (Å²) in [7, 11) is 0. The van der Waals surface area contributed by atoms with Crippen LogP contribution in [0.5, 0.6) is 0 Å². The van der Waals surface area contributed by atoms with Crippen LogP contribution < -0.4 is 0 Å². The summed E-state index contributed by atoms with van der Waals surface area (Å²) in [6.07, 6.45) is 3.78. The lowest BCUT2D eigenvalue weighted by molar-refractivity contribution is 0.0184. The summed E-state index contributed by atoms with van der Waals surface area (Å²) in [4.78, 5) is 14.0. The second-order valence-corrected chi connectivity index (χ2v) is 6.25. The Hall–Kier alpha value is -0.770. The molecule has 1 aliphatic carbocycles. The number of likely N-dealkylation sites (tertiary alicyclic amines) is 1. The SMILES string of the molecule is CC(C)(C)OC(=O)N1CCC[C@@]12C[C@H]2CCO. The van der Waals surface area contributed by atoms with E-state index in [1.165, 1.54) is 0 Å². The predicted octanol–water partition coefficient (Wildman–Crippen LogP) is 2.16. The zero-order valence-corrected chi connectivity index (χ0v) is 11.0. The maximum absolute atomic E-state index is 12.1. The Morgan fingerprint density at radius 1 is 1.53 bits per heavy atom. The van der Waals surface area contributed by atoms with Crippen molar-refractivity contribution in [1.82, 2.24) is 4.90 Å². The number of rotatable bonds is 2. The van der Waals surface area contributed by atoms with E-state index in [1.54, 1.807) is 0 Å². The van der Waals surface area contributed by atoms with Crippen LogP contribution in [0.4, 0.5) is 4.79 Å². The summed E-state index contributed by atoms with van der Waals surface area (Å²) in [6, 6.07) is 0. The summed E-state index contributed by atoms with van der Waals surface area (Å²) in [5.74, 6) is 0.475. The minimum Gasteiger partial charge on any atom is -0.444 e. The van der Waals surface area contributed by atoms with Crippen LogP contribution in [0.1, 0.15) is 46.5 Å². The fraction of sp³-hybridized carbons (Fsp3) is 0.923. The average molecular weight is 241 g/mol. The van der Waals surface area contributed by atoms with E-state index in [0.717, 1.165) is 32.2 Å². The fourth-order valence-electron chi connectivity index (χ4n) is 3.02. The molecule has 0 unspecified atom stereocenters. The molecule has 1 amide bonds. The third kappa shape index (κ3) is 2.41. The van der Waals surface area contributed by atoms with Crippen LogP contribution in [0.3, 0.4) is 0 Å². The minimum absolute atomic E-state index is 0.0189. The van der Waals surface area contributed by atoms with Crippen LogP contribution in [0.25, 0.3) is 0 Å². The van der Waals surface area contributed by atoms with Crippen LogP contribution in [0.2, 0.25) is 0 Å². The smallest absolute Gasteiger partial charge is 0.410 e. The largest absolute Gasteiger partial charge is 0.444 e. The lowest BCUT2D eigenvalue weighted by atomic mass is 10.1. The van der Waals surface area contributed by atoms with Crippen LogP contribution in [0, 0.1) is 5.92 Å². The molecule has 0 radical (unpaired) electrons. The molecule has 1 aliphatic heterocycles. The number of amides is 1. The van der Waals surface area contributed by atoms with Crippen molar-refractivity contribution in [3.8, 4) is 0 Å². The predicted molar refractivity (Wildman–Crippen MR) is 64.7 cm³/mol. The number of nitrogens with zero attached hydrogens (tertiary/aromatic N) is 1. The molecule has 0 aromatic heterocycles. The van der Waals surface area contributed by atoms with Gasteiger partial charge in [-0.2, -0.15) is 0 Å². The van der Waals surface area contributed by atoms with Crippen molar-refractivity contribution in [3.05, 3.63) is 0 Å². The van der Waals surface area contributed by atoms with Gasteiger partial charge in [0.15, 0.2) is 0 Å². The van der Waals surface area contributed by atoms with Gasteiger partial charge in [0.05, 0.1) is 0 Å². The van der Waals surface area contributed by atoms with E-state index in [-0.39, 0.29) is 18.2 Å². The van der Waals surface area contributed by atoms with Crippen LogP contribution in [-0.4, -0.2) is 40.4 Å². The summed E-state index contributed by atoms with van der Waals surface area (Å²) < 4.78 is 5.45. The van der Waals surface area contributed by atoms with Gasteiger partial charge in [-0.3, -0.25) is 0 Å². The van der Waals surface area contributed by atoms with Gasteiger partial charge >= 0.3 is 6.09 Å². The number of carbonyl (C=O) groups is 1. The summed E-state index contributed by atoms with van der Waals surface area (Å²) in [5.41, 5.74) is -0.409. The molecular weight excluding hydrogens is 218 g/mol. The molecule has 98 valence electrons. The molecule has 1 spiro atoms. The second-order valence-electron chi connectivity index (χ2n) is 6.25. The molecule has 1 heterocycles. The number of carbonyl (C=O) groups excluding carboxylic acids is 1. The van der Waals surface area contributed by atoms with E-state index < -0.39 is 5.60 Å². The van der Waals surface area contributed by atoms with Gasteiger partial charge in [0.1, 0.15) is 5.60 Å². The number of aliphatic hydroxyl groups is 1. The van der Waals surface area contributed by atoms with Crippen molar-refractivity contribution >= 4 is 6.09 Å². The molecule has 1 N–H and O–H groups in total. The topological polar surface area (TPSA) is 49.8 Å². The highest BCUT2D eigenvalue weighted by molar-refractivity contribution is 5.70. The van der Waals surface area contributed by atoms with Gasteiger partial charge in [-0.15, -0.1) is 0 Å².